The number of carbonyl (C=O) groups excluding carboxylic acids is 1. The van der Waals surface area contributed by atoms with Crippen LogP contribution < -0.4 is 10.6 Å². The van der Waals surface area contributed by atoms with Crippen molar-refractivity contribution >= 4 is 17.2 Å². The summed E-state index contributed by atoms with van der Waals surface area (Å²) in [5, 5.41) is 19.7. The number of nitriles is 2. The molecule has 0 saturated heterocycles. The summed E-state index contributed by atoms with van der Waals surface area (Å²) in [6.45, 7) is 0. The van der Waals surface area contributed by atoms with Gasteiger partial charge in [-0.25, -0.2) is 8.78 Å². The molecule has 0 atom stereocenters. The minimum absolute atomic E-state index is 0.201. The van der Waals surface area contributed by atoms with Crippen LogP contribution in [0.3, 0.4) is 0 Å². The van der Waals surface area contributed by atoms with Gasteiger partial charge in [-0.1, -0.05) is 24.3 Å². The first-order valence-electron chi connectivity index (χ1n) is 8.96. The van der Waals surface area contributed by atoms with Gasteiger partial charge in [-0.05, 0) is 24.3 Å². The molecule has 2 heterocycles. The first kappa shape index (κ1) is 19.1. The van der Waals surface area contributed by atoms with E-state index in [4.69, 9.17) is 0 Å². The zero-order valence-corrected chi connectivity index (χ0v) is 16.1. The van der Waals surface area contributed by atoms with E-state index in [1.54, 1.807) is 30.8 Å². The summed E-state index contributed by atoms with van der Waals surface area (Å²) >= 11 is 0. The number of amides is 1. The van der Waals surface area contributed by atoms with Crippen molar-refractivity contribution in [2.24, 2.45) is 7.05 Å². The molecule has 1 amide bonds. The van der Waals surface area contributed by atoms with E-state index in [9.17, 15) is 24.1 Å². The number of aromatic nitrogens is 1. The molecule has 3 aromatic rings. The number of hydrogen-bond acceptors (Lipinski definition) is 3. The Morgan fingerprint density at radius 1 is 0.933 bits per heavy atom. The Morgan fingerprint density at radius 3 is 2.07 bits per heavy atom. The average molecular weight is 400 g/mol. The second kappa shape index (κ2) is 6.98. The van der Waals surface area contributed by atoms with Crippen LogP contribution in [0.25, 0.3) is 22.5 Å². The van der Waals surface area contributed by atoms with Gasteiger partial charge in [-0.15, -0.1) is 0 Å². The minimum atomic E-state index is -0.484. The largest absolute Gasteiger partial charge is 0.341 e. The molecule has 0 N–H and O–H groups in total. The van der Waals surface area contributed by atoms with E-state index in [1.807, 2.05) is 12.1 Å². The predicted octanol–water partition coefficient (Wildman–Crippen LogP) is 2.41. The molecule has 5 nitrogen and oxygen atoms in total. The lowest BCUT2D eigenvalue weighted by Crippen LogP contribution is -2.33. The van der Waals surface area contributed by atoms with Crippen molar-refractivity contribution in [1.82, 2.24) is 9.47 Å². The first-order chi connectivity index (χ1) is 14.4. The zero-order valence-electron chi connectivity index (χ0n) is 16.1. The summed E-state index contributed by atoms with van der Waals surface area (Å²) in [6.07, 6.45) is 0. The normalized spacial score (nSPS) is 12.5. The number of rotatable bonds is 2. The number of hydrogen-bond donors (Lipinski definition) is 0. The van der Waals surface area contributed by atoms with E-state index in [1.165, 1.54) is 41.3 Å². The van der Waals surface area contributed by atoms with Gasteiger partial charge in [-0.2, -0.15) is 10.5 Å². The third-order valence-corrected chi connectivity index (χ3v) is 5.14. The molecular formula is C23H14F2N4O. The summed E-state index contributed by atoms with van der Waals surface area (Å²) in [5.74, 6) is -1.36. The van der Waals surface area contributed by atoms with E-state index in [0.29, 0.717) is 27.7 Å². The third kappa shape index (κ3) is 2.68. The van der Waals surface area contributed by atoms with Gasteiger partial charge in [0, 0.05) is 30.4 Å². The van der Waals surface area contributed by atoms with Gasteiger partial charge < -0.3 is 9.47 Å². The topological polar surface area (TPSA) is 72.8 Å². The minimum Gasteiger partial charge on any atom is -0.341 e. The van der Waals surface area contributed by atoms with Crippen LogP contribution in [0.4, 0.5) is 8.78 Å². The smallest absolute Gasteiger partial charge is 0.260 e. The molecule has 0 aliphatic carbocycles. The predicted molar refractivity (Wildman–Crippen MR) is 106 cm³/mol. The van der Waals surface area contributed by atoms with Crippen LogP contribution in [0.5, 0.6) is 0 Å². The molecule has 1 aliphatic rings. The Bertz CT molecular complexity index is 1420. The van der Waals surface area contributed by atoms with Crippen molar-refractivity contribution < 1.29 is 13.6 Å². The highest BCUT2D eigenvalue weighted by Crippen LogP contribution is 2.29. The van der Waals surface area contributed by atoms with E-state index in [0.717, 1.165) is 0 Å². The van der Waals surface area contributed by atoms with Crippen molar-refractivity contribution in [3.8, 4) is 23.4 Å². The maximum atomic E-state index is 13.9. The molecule has 2 aromatic carbocycles. The molecule has 4 rings (SSSR count). The maximum absolute atomic E-state index is 13.9. The van der Waals surface area contributed by atoms with Crippen molar-refractivity contribution in [2.75, 3.05) is 7.05 Å². The molecular weight excluding hydrogens is 386 g/mol. The Kier molecular flexibility index (Phi) is 4.45. The standard InChI is InChI=1S/C23H14F2N4O/c1-28-21(14-6-4-8-17(25)10-14)19-18(22(28)15(11-26)12-27)20(29(2)23(19)30)13-5-3-7-16(24)9-13/h3-10H,1-2H3. The summed E-state index contributed by atoms with van der Waals surface area (Å²) in [5.41, 5.74) is 1.66. The first-order valence-corrected chi connectivity index (χ1v) is 8.96. The average Bonchev–Trinajstić information content (AvgIpc) is 3.14. The lowest BCUT2D eigenvalue weighted by Gasteiger charge is -2.17. The van der Waals surface area contributed by atoms with Gasteiger partial charge in [0.05, 0.1) is 22.3 Å². The van der Waals surface area contributed by atoms with Crippen LogP contribution in [0.1, 0.15) is 15.9 Å². The molecule has 0 unspecified atom stereocenters. The fourth-order valence-electron chi connectivity index (χ4n) is 3.93. The third-order valence-electron chi connectivity index (χ3n) is 5.14. The summed E-state index contributed by atoms with van der Waals surface area (Å²) in [7, 11) is 3.15. The number of nitrogens with zero attached hydrogens (tertiary/aromatic N) is 4. The fourth-order valence-corrected chi connectivity index (χ4v) is 3.93. The van der Waals surface area contributed by atoms with E-state index in [-0.39, 0.29) is 22.4 Å². The van der Waals surface area contributed by atoms with Gasteiger partial charge in [0.15, 0.2) is 5.57 Å². The SMILES string of the molecule is CN1C(=O)c2c(-c3cccc(F)c3)n(C)c(=C(C#N)C#N)c2=C1c1cccc(F)c1. The van der Waals surface area contributed by atoms with E-state index in [2.05, 4.69) is 0 Å². The molecule has 0 fully saturated rings. The number of fused-ring (bicyclic) bond motifs is 1. The number of carbonyl (C=O) groups is 1. The summed E-state index contributed by atoms with van der Waals surface area (Å²) in [6, 6.07) is 15.2. The Labute approximate surface area is 170 Å². The number of benzene rings is 2. The summed E-state index contributed by atoms with van der Waals surface area (Å²) < 4.78 is 29.4. The molecule has 146 valence electrons. The quantitative estimate of drug-likeness (QED) is 0.663. The van der Waals surface area contributed by atoms with Gasteiger partial charge in [-0.3, -0.25) is 4.79 Å². The molecule has 0 bridgehead atoms. The zero-order chi connectivity index (χ0) is 21.6. The van der Waals surface area contributed by atoms with E-state index < -0.39 is 11.6 Å². The molecule has 1 aliphatic heterocycles. The van der Waals surface area contributed by atoms with Crippen LogP contribution in [0, 0.1) is 34.3 Å². The molecule has 0 radical (unpaired) electrons. The van der Waals surface area contributed by atoms with Gasteiger partial charge in [0.25, 0.3) is 5.91 Å². The molecule has 0 spiro atoms. The molecule has 0 saturated carbocycles. The van der Waals surface area contributed by atoms with E-state index >= 15 is 0 Å². The molecule has 30 heavy (non-hydrogen) atoms. The lowest BCUT2D eigenvalue weighted by molar-refractivity contribution is 0.0871. The molecule has 1 aromatic heterocycles. The summed E-state index contributed by atoms with van der Waals surface area (Å²) in [4.78, 5) is 14.6. The second-order valence-electron chi connectivity index (χ2n) is 6.84. The highest BCUT2D eigenvalue weighted by Gasteiger charge is 2.34. The van der Waals surface area contributed by atoms with Crippen molar-refractivity contribution in [3.05, 3.63) is 81.9 Å². The van der Waals surface area contributed by atoms with Gasteiger partial charge in [0.1, 0.15) is 23.8 Å². The van der Waals surface area contributed by atoms with Crippen LogP contribution >= 0.6 is 0 Å². The van der Waals surface area contributed by atoms with Crippen molar-refractivity contribution in [3.63, 3.8) is 0 Å². The van der Waals surface area contributed by atoms with Gasteiger partial charge >= 0.3 is 0 Å². The highest BCUT2D eigenvalue weighted by molar-refractivity contribution is 6.09. The van der Waals surface area contributed by atoms with Crippen LogP contribution in [0.15, 0.2) is 48.5 Å². The van der Waals surface area contributed by atoms with Gasteiger partial charge in [0.2, 0.25) is 0 Å². The maximum Gasteiger partial charge on any atom is 0.260 e. The monoisotopic (exact) mass is 400 g/mol. The highest BCUT2D eigenvalue weighted by atomic mass is 19.1. The van der Waals surface area contributed by atoms with Crippen molar-refractivity contribution in [2.45, 2.75) is 0 Å². The second-order valence-corrected chi connectivity index (χ2v) is 6.84. The Balaban J connectivity index is 2.29. The van der Waals surface area contributed by atoms with Crippen LogP contribution in [-0.2, 0) is 7.05 Å². The fraction of sp³-hybridized carbons (Fsp3) is 0.0870. The van der Waals surface area contributed by atoms with Crippen LogP contribution in [0.2, 0.25) is 0 Å². The Hall–Kier alpha value is -4.23. The Morgan fingerprint density at radius 2 is 1.50 bits per heavy atom. The van der Waals surface area contributed by atoms with Crippen molar-refractivity contribution in [1.29, 1.82) is 10.5 Å². The molecule has 7 heteroatoms. The number of halogens is 2. The lowest BCUT2D eigenvalue weighted by atomic mass is 10.1. The van der Waals surface area contributed by atoms with Crippen LogP contribution in [-0.4, -0.2) is 22.4 Å².